The molecule has 0 aliphatic rings. The van der Waals surface area contributed by atoms with Gasteiger partial charge in [-0.05, 0) is 103 Å². The average molecular weight is 969 g/mol. The number of allylic oxidation sites excluding steroid dienone is 20. The number of hydrogen-bond acceptors (Lipinski definition) is 8. The average Bonchev–Trinajstić information content (AvgIpc) is 3.33. The van der Waals surface area contributed by atoms with Crippen molar-refractivity contribution < 1.29 is 43.0 Å². The zero-order chi connectivity index (χ0) is 49.5. The quantitative estimate of drug-likeness (QED) is 0.0236. The number of carbonyl (C=O) groups excluding carboxylic acids is 1. The van der Waals surface area contributed by atoms with Crippen molar-refractivity contribution in [1.82, 2.24) is 0 Å². The molecular weight excluding hydrogens is 872 g/mol. The third-order valence-corrected chi connectivity index (χ3v) is 11.6. The minimum absolute atomic E-state index is 0.0303. The molecule has 0 aliphatic carbocycles. The Labute approximate surface area is 415 Å². The highest BCUT2D eigenvalue weighted by Gasteiger charge is 2.26. The zero-order valence-corrected chi connectivity index (χ0v) is 43.7. The van der Waals surface area contributed by atoms with Gasteiger partial charge in [0.15, 0.2) is 0 Å². The summed E-state index contributed by atoms with van der Waals surface area (Å²) in [6.07, 6.45) is 71.6. The van der Waals surface area contributed by atoms with Crippen LogP contribution in [0.25, 0.3) is 0 Å². The normalized spacial score (nSPS) is 14.7. The van der Waals surface area contributed by atoms with Crippen molar-refractivity contribution in [2.75, 3.05) is 33.0 Å². The molecule has 68 heavy (non-hydrogen) atoms. The monoisotopic (exact) mass is 969 g/mol. The Morgan fingerprint density at radius 1 is 0.456 bits per heavy atom. The number of hydrogen-bond donors (Lipinski definition) is 3. The molecule has 0 aromatic carbocycles. The molecule has 3 atom stereocenters. The topological polar surface area (TPSA) is 132 Å². The van der Waals surface area contributed by atoms with E-state index in [4.69, 9.17) is 23.6 Å². The summed E-state index contributed by atoms with van der Waals surface area (Å²) in [5.74, 6) is -0.401. The molecule has 0 rings (SSSR count). The van der Waals surface area contributed by atoms with E-state index < -0.39 is 45.8 Å². The van der Waals surface area contributed by atoms with Gasteiger partial charge < -0.3 is 24.6 Å². The fourth-order valence-electron chi connectivity index (χ4n) is 6.70. The molecular formula is C58H97O9P. The van der Waals surface area contributed by atoms with E-state index >= 15 is 0 Å². The third kappa shape index (κ3) is 52.2. The Kier molecular flexibility index (Phi) is 50.8. The maximum atomic E-state index is 12.7. The highest BCUT2D eigenvalue weighted by molar-refractivity contribution is 7.47. The first kappa shape index (κ1) is 64.9. The lowest BCUT2D eigenvalue weighted by Crippen LogP contribution is -2.29. The van der Waals surface area contributed by atoms with Gasteiger partial charge >= 0.3 is 13.8 Å². The van der Waals surface area contributed by atoms with Crippen molar-refractivity contribution in [2.45, 2.75) is 206 Å². The van der Waals surface area contributed by atoms with Gasteiger partial charge in [-0.25, -0.2) is 4.57 Å². The summed E-state index contributed by atoms with van der Waals surface area (Å²) in [5.41, 5.74) is 0. The van der Waals surface area contributed by atoms with Gasteiger partial charge in [0.1, 0.15) is 12.2 Å². The second kappa shape index (κ2) is 53.2. The number of phosphoric acid groups is 1. The number of carbonyl (C=O) groups is 1. The van der Waals surface area contributed by atoms with E-state index in [-0.39, 0.29) is 13.0 Å². The molecule has 0 radical (unpaired) electrons. The predicted octanol–water partition coefficient (Wildman–Crippen LogP) is 15.9. The third-order valence-electron chi connectivity index (χ3n) is 10.6. The smallest absolute Gasteiger partial charge is 0.457 e. The number of aliphatic hydroxyl groups excluding tert-OH is 2. The Hall–Kier alpha value is -3.14. The lowest BCUT2D eigenvalue weighted by atomic mass is 10.1. The van der Waals surface area contributed by atoms with Crippen molar-refractivity contribution in [3.63, 3.8) is 0 Å². The number of rotatable bonds is 49. The van der Waals surface area contributed by atoms with Crippen molar-refractivity contribution in [3.05, 3.63) is 122 Å². The molecule has 0 aliphatic heterocycles. The first-order chi connectivity index (χ1) is 33.3. The molecule has 3 N–H and O–H groups in total. The second-order valence-electron chi connectivity index (χ2n) is 17.1. The molecule has 3 unspecified atom stereocenters. The van der Waals surface area contributed by atoms with Crippen LogP contribution in [0.3, 0.4) is 0 Å². The van der Waals surface area contributed by atoms with Crippen LogP contribution in [0.4, 0.5) is 0 Å². The molecule has 0 bridgehead atoms. The molecule has 388 valence electrons. The highest BCUT2D eigenvalue weighted by Crippen LogP contribution is 2.43. The highest BCUT2D eigenvalue weighted by atomic mass is 31.2. The van der Waals surface area contributed by atoms with E-state index in [2.05, 4.69) is 135 Å². The van der Waals surface area contributed by atoms with Gasteiger partial charge in [-0.3, -0.25) is 13.8 Å². The van der Waals surface area contributed by atoms with E-state index in [9.17, 15) is 19.4 Å². The summed E-state index contributed by atoms with van der Waals surface area (Å²) in [5, 5.41) is 18.4. The molecule has 0 saturated carbocycles. The predicted molar refractivity (Wildman–Crippen MR) is 288 cm³/mol. The number of phosphoric ester groups is 1. The molecule has 10 heteroatoms. The van der Waals surface area contributed by atoms with Crippen LogP contribution in [0, 0.1) is 0 Å². The fourth-order valence-corrected chi connectivity index (χ4v) is 7.49. The van der Waals surface area contributed by atoms with Gasteiger partial charge in [-0.1, -0.05) is 206 Å². The van der Waals surface area contributed by atoms with Crippen molar-refractivity contribution in [1.29, 1.82) is 0 Å². The van der Waals surface area contributed by atoms with Gasteiger partial charge in [0.25, 0.3) is 0 Å². The zero-order valence-electron chi connectivity index (χ0n) is 42.8. The first-order valence-corrected chi connectivity index (χ1v) is 28.0. The molecule has 0 heterocycles. The maximum Gasteiger partial charge on any atom is 0.472 e. The van der Waals surface area contributed by atoms with Crippen LogP contribution in [0.1, 0.15) is 194 Å². The molecule has 0 amide bonds. The minimum Gasteiger partial charge on any atom is -0.457 e. The van der Waals surface area contributed by atoms with Crippen molar-refractivity contribution >= 4 is 13.8 Å². The Morgan fingerprint density at radius 2 is 0.794 bits per heavy atom. The van der Waals surface area contributed by atoms with E-state index in [1.54, 1.807) is 0 Å². The van der Waals surface area contributed by atoms with Crippen LogP contribution in [0.2, 0.25) is 0 Å². The van der Waals surface area contributed by atoms with E-state index in [1.807, 2.05) is 0 Å². The van der Waals surface area contributed by atoms with Crippen LogP contribution < -0.4 is 0 Å². The van der Waals surface area contributed by atoms with Gasteiger partial charge in [0, 0.05) is 13.0 Å². The first-order valence-electron chi connectivity index (χ1n) is 26.5. The van der Waals surface area contributed by atoms with E-state index in [1.165, 1.54) is 51.4 Å². The second-order valence-corrected chi connectivity index (χ2v) is 18.6. The number of esters is 1. The number of ether oxygens (including phenoxy) is 2. The molecule has 0 spiro atoms. The molecule has 0 aromatic rings. The molecule has 0 saturated heterocycles. The van der Waals surface area contributed by atoms with Gasteiger partial charge in [-0.15, -0.1) is 0 Å². The molecule has 0 aromatic heterocycles. The van der Waals surface area contributed by atoms with Crippen LogP contribution in [0.15, 0.2) is 122 Å². The largest absolute Gasteiger partial charge is 0.472 e. The van der Waals surface area contributed by atoms with Gasteiger partial charge in [0.2, 0.25) is 0 Å². The van der Waals surface area contributed by atoms with Crippen LogP contribution in [-0.4, -0.2) is 66.3 Å². The molecule has 0 fully saturated rings. The summed E-state index contributed by atoms with van der Waals surface area (Å²) in [7, 11) is -4.54. The summed E-state index contributed by atoms with van der Waals surface area (Å²) in [6.45, 7) is 3.24. The molecule has 9 nitrogen and oxygen atoms in total. The van der Waals surface area contributed by atoms with Crippen molar-refractivity contribution in [2.24, 2.45) is 0 Å². The summed E-state index contributed by atoms with van der Waals surface area (Å²) < 4.78 is 33.6. The van der Waals surface area contributed by atoms with Gasteiger partial charge in [-0.2, -0.15) is 0 Å². The minimum atomic E-state index is -4.54. The van der Waals surface area contributed by atoms with Gasteiger partial charge in [0.05, 0.1) is 26.4 Å². The summed E-state index contributed by atoms with van der Waals surface area (Å²) in [4.78, 5) is 22.7. The lowest BCUT2D eigenvalue weighted by molar-refractivity contribution is -0.154. The van der Waals surface area contributed by atoms with Crippen LogP contribution in [-0.2, 0) is 27.9 Å². The SMILES string of the molecule is CC/C=C\C/C=C\C/C=C\C/C=C\C/C=C\CCCCCCCCCCOCC(COP(=O)(O)OCC(O)CO)OC(=O)CCCCCCCCC/C=C\C/C=C\C/C=C\C/C=C\C/C=C\CC. The Morgan fingerprint density at radius 3 is 1.19 bits per heavy atom. The summed E-state index contributed by atoms with van der Waals surface area (Å²) >= 11 is 0. The lowest BCUT2D eigenvalue weighted by Gasteiger charge is -2.20. The van der Waals surface area contributed by atoms with Crippen molar-refractivity contribution in [3.8, 4) is 0 Å². The fraction of sp³-hybridized carbons (Fsp3) is 0.638. The standard InChI is InChI=1S/C58H97O9P/c1-3-5-7-9-11-13-15-17-19-21-23-25-27-29-31-33-35-37-39-41-43-45-47-49-51-64-54-57(55-66-68(62,63)65-53-56(60)52-59)67-58(61)50-48-46-44-42-40-38-36-34-32-30-28-26-24-22-20-18-16-14-12-10-8-6-4-2/h5-8,11-14,17-20,23-26,29-32,56-57,59-60H,3-4,9-10,15-16,21-22,27-28,33-55H2,1-2H3,(H,62,63)/b7-5-,8-6-,13-11-,14-12-,19-17-,20-18-,25-23-,26-24-,31-29-,32-30-. The van der Waals surface area contributed by atoms with Crippen LogP contribution in [0.5, 0.6) is 0 Å². The number of unbranched alkanes of at least 4 members (excludes halogenated alkanes) is 15. The van der Waals surface area contributed by atoms with E-state index in [0.29, 0.717) is 13.0 Å². The Bertz CT molecular complexity index is 1470. The van der Waals surface area contributed by atoms with Crippen LogP contribution >= 0.6 is 7.82 Å². The summed E-state index contributed by atoms with van der Waals surface area (Å²) in [6, 6.07) is 0. The maximum absolute atomic E-state index is 12.7. The Balaban J connectivity index is 4.15. The number of aliphatic hydroxyl groups is 2. The van der Waals surface area contributed by atoms with E-state index in [0.717, 1.165) is 116 Å².